The highest BCUT2D eigenvalue weighted by Gasteiger charge is 2.49. The maximum Gasteiger partial charge on any atom is 0.325 e. The van der Waals surface area contributed by atoms with Crippen molar-refractivity contribution in [2.45, 2.75) is 18.9 Å². The third kappa shape index (κ3) is 3.52. The van der Waals surface area contributed by atoms with E-state index in [4.69, 9.17) is 21.1 Å². The number of fused-ring (bicyclic) bond motifs is 1. The van der Waals surface area contributed by atoms with E-state index in [1.807, 2.05) is 0 Å². The van der Waals surface area contributed by atoms with Gasteiger partial charge >= 0.3 is 6.03 Å². The van der Waals surface area contributed by atoms with Gasteiger partial charge in [-0.25, -0.2) is 9.18 Å². The molecule has 1 unspecified atom stereocenters. The quantitative estimate of drug-likeness (QED) is 0.706. The number of carbonyl (C=O) groups is 3. The minimum Gasteiger partial charge on any atom is -0.454 e. The zero-order valence-electron chi connectivity index (χ0n) is 15.8. The van der Waals surface area contributed by atoms with E-state index < -0.39 is 29.2 Å². The van der Waals surface area contributed by atoms with Crippen molar-refractivity contribution < 1.29 is 28.2 Å². The van der Waals surface area contributed by atoms with Crippen molar-refractivity contribution in [3.63, 3.8) is 0 Å². The van der Waals surface area contributed by atoms with Crippen LogP contribution in [-0.2, 0) is 15.1 Å². The fourth-order valence-electron chi connectivity index (χ4n) is 3.32. The molecule has 0 saturated carbocycles. The molecule has 30 heavy (non-hydrogen) atoms. The van der Waals surface area contributed by atoms with Crippen molar-refractivity contribution in [2.24, 2.45) is 0 Å². The Morgan fingerprint density at radius 3 is 2.77 bits per heavy atom. The first-order valence-corrected chi connectivity index (χ1v) is 9.45. The first-order chi connectivity index (χ1) is 14.3. The predicted molar refractivity (Wildman–Crippen MR) is 105 cm³/mol. The maximum atomic E-state index is 13.8. The number of halogens is 2. The van der Waals surface area contributed by atoms with Crippen LogP contribution >= 0.6 is 11.6 Å². The molecule has 8 nitrogen and oxygen atoms in total. The Labute approximate surface area is 175 Å². The molecule has 1 atom stereocenters. The lowest BCUT2D eigenvalue weighted by molar-refractivity contribution is -0.131. The second-order valence-electron chi connectivity index (χ2n) is 7.00. The summed E-state index contributed by atoms with van der Waals surface area (Å²) in [4.78, 5) is 38.5. The second kappa shape index (κ2) is 7.49. The largest absolute Gasteiger partial charge is 0.454 e. The number of carbonyl (C=O) groups excluding carboxylic acids is 3. The van der Waals surface area contributed by atoms with Gasteiger partial charge in [-0.15, -0.1) is 0 Å². The fraction of sp³-hybridized carbons (Fsp3) is 0.250. The summed E-state index contributed by atoms with van der Waals surface area (Å²) in [7, 11) is 0. The highest BCUT2D eigenvalue weighted by atomic mass is 35.5. The van der Waals surface area contributed by atoms with E-state index in [0.717, 1.165) is 11.0 Å². The minimum atomic E-state index is -1.31. The highest BCUT2D eigenvalue weighted by molar-refractivity contribution is 6.30. The molecule has 156 valence electrons. The van der Waals surface area contributed by atoms with Crippen molar-refractivity contribution >= 4 is 35.1 Å². The van der Waals surface area contributed by atoms with Crippen LogP contribution < -0.4 is 20.1 Å². The SMILES string of the molecule is CC1(c2ccc3c(c2)OCO3)NC(=O)N(CCC(=O)Nc2ccc(Cl)cc2F)C1=O. The van der Waals surface area contributed by atoms with Gasteiger partial charge in [0.15, 0.2) is 11.5 Å². The Balaban J connectivity index is 1.43. The molecule has 1 fully saturated rings. The molecule has 4 rings (SSSR count). The van der Waals surface area contributed by atoms with Gasteiger partial charge in [-0.3, -0.25) is 14.5 Å². The third-order valence-corrected chi connectivity index (χ3v) is 5.23. The van der Waals surface area contributed by atoms with Crippen molar-refractivity contribution in [1.29, 1.82) is 0 Å². The van der Waals surface area contributed by atoms with Gasteiger partial charge in [-0.05, 0) is 42.8 Å². The molecular formula is C20H17ClFN3O5. The van der Waals surface area contributed by atoms with E-state index in [2.05, 4.69) is 10.6 Å². The lowest BCUT2D eigenvalue weighted by Crippen LogP contribution is -2.41. The molecule has 10 heteroatoms. The maximum absolute atomic E-state index is 13.8. The number of hydrogen-bond acceptors (Lipinski definition) is 5. The molecule has 2 aromatic carbocycles. The number of amides is 4. The highest BCUT2D eigenvalue weighted by Crippen LogP contribution is 2.37. The zero-order chi connectivity index (χ0) is 21.5. The zero-order valence-corrected chi connectivity index (χ0v) is 16.6. The van der Waals surface area contributed by atoms with Crippen molar-refractivity contribution in [1.82, 2.24) is 10.2 Å². The summed E-state index contributed by atoms with van der Waals surface area (Å²) < 4.78 is 24.4. The van der Waals surface area contributed by atoms with E-state index in [1.165, 1.54) is 12.1 Å². The molecule has 0 aliphatic carbocycles. The number of ether oxygens (including phenoxy) is 2. The summed E-state index contributed by atoms with van der Waals surface area (Å²) in [5.41, 5.74) is -0.816. The average Bonchev–Trinajstić information content (AvgIpc) is 3.25. The molecular weight excluding hydrogens is 417 g/mol. The van der Waals surface area contributed by atoms with Crippen molar-refractivity contribution in [3.8, 4) is 11.5 Å². The molecule has 1 saturated heterocycles. The number of nitrogens with zero attached hydrogens (tertiary/aromatic N) is 1. The van der Waals surface area contributed by atoms with Gasteiger partial charge in [-0.2, -0.15) is 0 Å². The molecule has 2 aliphatic heterocycles. The van der Waals surface area contributed by atoms with E-state index in [0.29, 0.717) is 17.1 Å². The Morgan fingerprint density at radius 1 is 1.23 bits per heavy atom. The van der Waals surface area contributed by atoms with Crippen LogP contribution in [0.15, 0.2) is 36.4 Å². The number of anilines is 1. The number of benzene rings is 2. The van der Waals surface area contributed by atoms with Crippen LogP contribution in [0.5, 0.6) is 11.5 Å². The van der Waals surface area contributed by atoms with Crippen LogP contribution in [-0.4, -0.2) is 36.1 Å². The van der Waals surface area contributed by atoms with E-state index in [-0.39, 0.29) is 30.5 Å². The molecule has 2 N–H and O–H groups in total. The minimum absolute atomic E-state index is 0.0354. The Bertz CT molecular complexity index is 1060. The van der Waals surface area contributed by atoms with Crippen molar-refractivity contribution in [2.75, 3.05) is 18.7 Å². The fourth-order valence-corrected chi connectivity index (χ4v) is 3.48. The summed E-state index contributed by atoms with van der Waals surface area (Å²) in [5.74, 6) is -0.688. The van der Waals surface area contributed by atoms with E-state index in [9.17, 15) is 18.8 Å². The first kappa shape index (κ1) is 20.0. The molecule has 2 aromatic rings. The number of urea groups is 1. The lowest BCUT2D eigenvalue weighted by atomic mass is 9.91. The summed E-state index contributed by atoms with van der Waals surface area (Å²) in [6.07, 6.45) is -0.196. The van der Waals surface area contributed by atoms with Crippen LogP contribution in [0.1, 0.15) is 18.9 Å². The average molecular weight is 434 g/mol. The Kier molecular flexibility index (Phi) is 4.98. The monoisotopic (exact) mass is 433 g/mol. The van der Waals surface area contributed by atoms with Gasteiger partial charge in [0.1, 0.15) is 11.4 Å². The van der Waals surface area contributed by atoms with Crippen LogP contribution in [0, 0.1) is 5.82 Å². The van der Waals surface area contributed by atoms with Gasteiger partial charge < -0.3 is 20.1 Å². The topological polar surface area (TPSA) is 97.0 Å². The molecule has 0 spiro atoms. The predicted octanol–water partition coefficient (Wildman–Crippen LogP) is 3.00. The van der Waals surface area contributed by atoms with Crippen LogP contribution in [0.2, 0.25) is 5.02 Å². The molecule has 0 bridgehead atoms. The Morgan fingerprint density at radius 2 is 2.00 bits per heavy atom. The third-order valence-electron chi connectivity index (χ3n) is 4.99. The second-order valence-corrected chi connectivity index (χ2v) is 7.44. The molecule has 0 aromatic heterocycles. The van der Waals surface area contributed by atoms with Crippen molar-refractivity contribution in [3.05, 3.63) is 52.8 Å². The van der Waals surface area contributed by atoms with Crippen LogP contribution in [0.25, 0.3) is 0 Å². The summed E-state index contributed by atoms with van der Waals surface area (Å²) in [6.45, 7) is 1.50. The standard InChI is InChI=1S/C20H17ClFN3O5/c1-20(11-2-5-15-16(8-11)30-10-29-15)18(27)25(19(28)24-20)7-6-17(26)23-14-4-3-12(21)9-13(14)22/h2-5,8-9H,6-7,10H2,1H3,(H,23,26)(H,24,28). The van der Waals surface area contributed by atoms with Crippen LogP contribution in [0.3, 0.4) is 0 Å². The van der Waals surface area contributed by atoms with Gasteiger partial charge in [0.25, 0.3) is 5.91 Å². The van der Waals surface area contributed by atoms with E-state index >= 15 is 0 Å². The number of nitrogens with one attached hydrogen (secondary N) is 2. The number of imide groups is 1. The van der Waals surface area contributed by atoms with Gasteiger partial charge in [0.05, 0.1) is 5.69 Å². The summed E-state index contributed by atoms with van der Waals surface area (Å²) in [5, 5.41) is 5.26. The molecule has 0 radical (unpaired) electrons. The smallest absolute Gasteiger partial charge is 0.325 e. The Hall–Kier alpha value is -3.33. The van der Waals surface area contributed by atoms with Crippen LogP contribution in [0.4, 0.5) is 14.9 Å². The molecule has 4 amide bonds. The summed E-state index contributed by atoms with van der Waals surface area (Å²) in [6, 6.07) is 8.20. The van der Waals surface area contributed by atoms with Gasteiger partial charge in [0.2, 0.25) is 12.7 Å². The van der Waals surface area contributed by atoms with Gasteiger partial charge in [-0.1, -0.05) is 17.7 Å². The van der Waals surface area contributed by atoms with E-state index in [1.54, 1.807) is 25.1 Å². The first-order valence-electron chi connectivity index (χ1n) is 9.07. The lowest BCUT2D eigenvalue weighted by Gasteiger charge is -2.22. The molecule has 2 heterocycles. The normalized spacial score (nSPS) is 19.8. The summed E-state index contributed by atoms with van der Waals surface area (Å²) >= 11 is 5.69. The van der Waals surface area contributed by atoms with Gasteiger partial charge in [0, 0.05) is 18.0 Å². The molecule has 2 aliphatic rings. The number of hydrogen-bond donors (Lipinski definition) is 2. The number of rotatable bonds is 5.